The van der Waals surface area contributed by atoms with Gasteiger partial charge in [0, 0.05) is 24.8 Å². The minimum absolute atomic E-state index is 0.727. The Hall–Kier alpha value is -0.486. The first-order valence-corrected chi connectivity index (χ1v) is 15.2. The van der Waals surface area contributed by atoms with E-state index in [-0.39, 0.29) is 0 Å². The van der Waals surface area contributed by atoms with E-state index in [1.165, 1.54) is 0 Å². The van der Waals surface area contributed by atoms with Gasteiger partial charge in [-0.15, -0.1) is 0 Å². The van der Waals surface area contributed by atoms with Crippen LogP contribution in [0.5, 0.6) is 0 Å². The SMILES string of the molecule is CC(C)[Si](C(C)C)(C(C)C)N1C=CN([Si](C(C)C)(C(C)C)C(C)C)C=C1. The number of hydrogen-bond acceptors (Lipinski definition) is 2. The van der Waals surface area contributed by atoms with E-state index >= 15 is 0 Å². The summed E-state index contributed by atoms with van der Waals surface area (Å²) in [6.07, 6.45) is 9.73. The van der Waals surface area contributed by atoms with E-state index in [4.69, 9.17) is 0 Å². The van der Waals surface area contributed by atoms with Crippen LogP contribution in [0.1, 0.15) is 83.1 Å². The molecule has 0 aliphatic carbocycles. The smallest absolute Gasteiger partial charge is 0.168 e. The lowest BCUT2D eigenvalue weighted by Gasteiger charge is -2.53. The second-order valence-electron chi connectivity index (χ2n) is 10.1. The predicted octanol–water partition coefficient (Wildman–Crippen LogP) is 7.90. The van der Waals surface area contributed by atoms with E-state index in [0.717, 1.165) is 33.2 Å². The van der Waals surface area contributed by atoms with Gasteiger partial charge in [-0.05, 0) is 33.2 Å². The van der Waals surface area contributed by atoms with Crippen LogP contribution in [0, 0.1) is 0 Å². The third-order valence-electron chi connectivity index (χ3n) is 7.22. The van der Waals surface area contributed by atoms with Gasteiger partial charge in [0.25, 0.3) is 0 Å². The monoisotopic (exact) mass is 394 g/mol. The fourth-order valence-electron chi connectivity index (χ4n) is 6.69. The van der Waals surface area contributed by atoms with Crippen LogP contribution in [0.15, 0.2) is 24.8 Å². The van der Waals surface area contributed by atoms with Crippen LogP contribution in [0.4, 0.5) is 0 Å². The van der Waals surface area contributed by atoms with Gasteiger partial charge < -0.3 is 9.13 Å². The molecule has 0 spiro atoms. The van der Waals surface area contributed by atoms with Gasteiger partial charge in [0.2, 0.25) is 0 Å². The van der Waals surface area contributed by atoms with Crippen LogP contribution in [0.2, 0.25) is 33.2 Å². The molecule has 1 aliphatic heterocycles. The van der Waals surface area contributed by atoms with Crippen LogP contribution >= 0.6 is 0 Å². The normalized spacial score (nSPS) is 16.5. The highest BCUT2D eigenvalue weighted by atomic mass is 28.3. The minimum atomic E-state index is -1.65. The first kappa shape index (κ1) is 23.6. The molecule has 1 aliphatic rings. The average Bonchev–Trinajstić information content (AvgIpc) is 2.47. The second-order valence-corrected chi connectivity index (χ2v) is 21.6. The lowest BCUT2D eigenvalue weighted by atomic mass is 10.5. The van der Waals surface area contributed by atoms with Crippen LogP contribution in [-0.2, 0) is 0 Å². The Morgan fingerprint density at radius 1 is 0.385 bits per heavy atom. The number of nitrogens with zero attached hydrogens (tertiary/aromatic N) is 2. The topological polar surface area (TPSA) is 6.48 Å². The van der Waals surface area contributed by atoms with E-state index in [0.29, 0.717) is 0 Å². The van der Waals surface area contributed by atoms with Crippen molar-refractivity contribution in [1.82, 2.24) is 9.13 Å². The quantitative estimate of drug-likeness (QED) is 0.386. The average molecular weight is 395 g/mol. The highest BCUT2D eigenvalue weighted by Gasteiger charge is 2.50. The molecule has 4 heteroatoms. The zero-order chi connectivity index (χ0) is 20.4. The van der Waals surface area contributed by atoms with E-state index < -0.39 is 16.5 Å². The van der Waals surface area contributed by atoms with Crippen molar-refractivity contribution in [2.75, 3.05) is 0 Å². The summed E-state index contributed by atoms with van der Waals surface area (Å²) in [4.78, 5) is 0. The molecule has 1 heterocycles. The highest BCUT2D eigenvalue weighted by molar-refractivity contribution is 6.82. The highest BCUT2D eigenvalue weighted by Crippen LogP contribution is 2.47. The van der Waals surface area contributed by atoms with Gasteiger partial charge in [-0.25, -0.2) is 0 Å². The maximum Gasteiger partial charge on any atom is 0.168 e. The van der Waals surface area contributed by atoms with Crippen molar-refractivity contribution in [3.8, 4) is 0 Å². The summed E-state index contributed by atoms with van der Waals surface area (Å²) >= 11 is 0. The van der Waals surface area contributed by atoms with Crippen molar-refractivity contribution >= 4 is 16.5 Å². The van der Waals surface area contributed by atoms with E-state index in [1.54, 1.807) is 0 Å². The second kappa shape index (κ2) is 8.68. The van der Waals surface area contributed by atoms with Gasteiger partial charge in [0.05, 0.1) is 0 Å². The molecule has 0 N–H and O–H groups in total. The zero-order valence-electron chi connectivity index (χ0n) is 19.7. The third-order valence-corrected chi connectivity index (χ3v) is 20.7. The lowest BCUT2D eigenvalue weighted by Crippen LogP contribution is -2.59. The Bertz CT molecular complexity index is 403. The Balaban J connectivity index is 3.35. The molecule has 2 nitrogen and oxygen atoms in total. The van der Waals surface area contributed by atoms with Crippen molar-refractivity contribution in [3.63, 3.8) is 0 Å². The molecule has 0 aromatic rings. The van der Waals surface area contributed by atoms with Crippen molar-refractivity contribution in [1.29, 1.82) is 0 Å². The van der Waals surface area contributed by atoms with Crippen LogP contribution in [0.3, 0.4) is 0 Å². The summed E-state index contributed by atoms with van der Waals surface area (Å²) in [6, 6.07) is 0. The Morgan fingerprint density at radius 2 is 0.538 bits per heavy atom. The standard InChI is InChI=1S/C22H46N2Si2/c1-17(2)25(18(3)4,19(5)6)23-13-15-24(16-14-23)26(20(7)8,21(9)10)22(11)12/h13-22H,1-12H3. The largest absolute Gasteiger partial charge is 0.377 e. The van der Waals surface area contributed by atoms with Gasteiger partial charge in [-0.3, -0.25) is 0 Å². The molecule has 0 bridgehead atoms. The van der Waals surface area contributed by atoms with Crippen LogP contribution < -0.4 is 0 Å². The summed E-state index contributed by atoms with van der Waals surface area (Å²) < 4.78 is 5.31. The molecule has 1 rings (SSSR count). The van der Waals surface area contributed by atoms with Gasteiger partial charge in [0.15, 0.2) is 16.5 Å². The van der Waals surface area contributed by atoms with Crippen LogP contribution in [-0.4, -0.2) is 25.6 Å². The molecule has 0 amide bonds. The van der Waals surface area contributed by atoms with Gasteiger partial charge in [-0.2, -0.15) is 0 Å². The number of rotatable bonds is 8. The number of hydrogen-bond donors (Lipinski definition) is 0. The molecule has 26 heavy (non-hydrogen) atoms. The predicted molar refractivity (Wildman–Crippen MR) is 124 cm³/mol. The molecule has 0 aromatic carbocycles. The maximum atomic E-state index is 2.66. The first-order chi connectivity index (χ1) is 11.9. The van der Waals surface area contributed by atoms with Crippen molar-refractivity contribution in [3.05, 3.63) is 24.8 Å². The third kappa shape index (κ3) is 3.60. The zero-order valence-corrected chi connectivity index (χ0v) is 21.7. The maximum absolute atomic E-state index is 2.66. The van der Waals surface area contributed by atoms with Crippen molar-refractivity contribution < 1.29 is 0 Å². The molecule has 0 aromatic heterocycles. The van der Waals surface area contributed by atoms with Crippen molar-refractivity contribution in [2.24, 2.45) is 0 Å². The molecule has 0 saturated carbocycles. The molecule has 0 atom stereocenters. The summed E-state index contributed by atoms with van der Waals surface area (Å²) in [5.74, 6) is 0. The van der Waals surface area contributed by atoms with E-state index in [9.17, 15) is 0 Å². The summed E-state index contributed by atoms with van der Waals surface area (Å²) in [7, 11) is -3.30. The fourth-order valence-corrected chi connectivity index (χ4v) is 19.6. The Kier molecular flexibility index (Phi) is 7.86. The summed E-state index contributed by atoms with van der Waals surface area (Å²) in [5, 5.41) is 0. The molecule has 0 fully saturated rings. The molecule has 0 saturated heterocycles. The fraction of sp³-hybridized carbons (Fsp3) is 0.818. The van der Waals surface area contributed by atoms with Gasteiger partial charge >= 0.3 is 0 Å². The van der Waals surface area contributed by atoms with Crippen LogP contribution in [0.25, 0.3) is 0 Å². The lowest BCUT2D eigenvalue weighted by molar-refractivity contribution is 0.554. The molecular weight excluding hydrogens is 348 g/mol. The Labute approximate surface area is 166 Å². The molecule has 0 radical (unpaired) electrons. The van der Waals surface area contributed by atoms with Gasteiger partial charge in [0.1, 0.15) is 0 Å². The summed E-state index contributed by atoms with van der Waals surface area (Å²) in [5.41, 5.74) is 4.36. The van der Waals surface area contributed by atoms with E-state index in [1.807, 2.05) is 0 Å². The summed E-state index contributed by atoms with van der Waals surface area (Å²) in [6.45, 7) is 29.3. The molecule has 0 unspecified atom stereocenters. The molecular formula is C22H46N2Si2. The first-order valence-electron chi connectivity index (χ1n) is 10.8. The Morgan fingerprint density at radius 3 is 0.654 bits per heavy atom. The van der Waals surface area contributed by atoms with Crippen molar-refractivity contribution in [2.45, 2.75) is 116 Å². The van der Waals surface area contributed by atoms with E-state index in [2.05, 4.69) is 117 Å². The molecule has 152 valence electrons. The van der Waals surface area contributed by atoms with Gasteiger partial charge in [-0.1, -0.05) is 83.1 Å². The minimum Gasteiger partial charge on any atom is -0.377 e.